The molecule has 0 radical (unpaired) electrons. The second-order valence-corrected chi connectivity index (χ2v) is 7.39. The van der Waals surface area contributed by atoms with Crippen LogP contribution in [0.1, 0.15) is 55.3 Å². The number of anilines is 2. The van der Waals surface area contributed by atoms with Crippen LogP contribution in [0.5, 0.6) is 0 Å². The molecule has 1 saturated carbocycles. The molecule has 3 N–H and O–H groups in total. The molecule has 6 heteroatoms. The van der Waals surface area contributed by atoms with E-state index in [0.717, 1.165) is 37.7 Å². The molecule has 0 bridgehead atoms. The average Bonchev–Trinajstić information content (AvgIpc) is 3.27. The standard InChI is InChI=1S/C23H25N3O3/c1-2-15-11-18(13-20(12-15)26-22(27)17-5-3-4-6-17)21(23(28)29)25-19-9-7-16(14-24)8-10-19/h7-13,17,21,25H,2-6H2,1H3,(H,26,27)(H,28,29). The highest BCUT2D eigenvalue weighted by atomic mass is 16.4. The van der Waals surface area contributed by atoms with E-state index in [1.807, 2.05) is 25.1 Å². The van der Waals surface area contributed by atoms with E-state index in [1.165, 1.54) is 0 Å². The summed E-state index contributed by atoms with van der Waals surface area (Å²) >= 11 is 0. The number of aryl methyl sites for hydroxylation is 1. The molecule has 0 aliphatic heterocycles. The van der Waals surface area contributed by atoms with Gasteiger partial charge >= 0.3 is 5.97 Å². The zero-order valence-electron chi connectivity index (χ0n) is 16.4. The van der Waals surface area contributed by atoms with Crippen LogP contribution in [-0.4, -0.2) is 17.0 Å². The molecule has 1 unspecified atom stereocenters. The molecule has 1 aliphatic rings. The normalized spacial score (nSPS) is 14.8. The van der Waals surface area contributed by atoms with E-state index >= 15 is 0 Å². The highest BCUT2D eigenvalue weighted by Crippen LogP contribution is 2.28. The lowest BCUT2D eigenvalue weighted by Gasteiger charge is -2.19. The first kappa shape index (κ1) is 20.4. The summed E-state index contributed by atoms with van der Waals surface area (Å²) in [5.41, 5.74) is 3.27. The van der Waals surface area contributed by atoms with Gasteiger partial charge in [-0.15, -0.1) is 0 Å². The molecule has 150 valence electrons. The van der Waals surface area contributed by atoms with Crippen molar-refractivity contribution in [2.24, 2.45) is 5.92 Å². The monoisotopic (exact) mass is 391 g/mol. The maximum absolute atomic E-state index is 12.5. The highest BCUT2D eigenvalue weighted by molar-refractivity contribution is 5.93. The number of nitriles is 1. The van der Waals surface area contributed by atoms with Crippen molar-refractivity contribution in [3.05, 3.63) is 59.2 Å². The number of amides is 1. The average molecular weight is 391 g/mol. The van der Waals surface area contributed by atoms with Gasteiger partial charge in [-0.25, -0.2) is 4.79 Å². The van der Waals surface area contributed by atoms with Gasteiger partial charge in [-0.3, -0.25) is 4.79 Å². The zero-order valence-corrected chi connectivity index (χ0v) is 16.4. The topological polar surface area (TPSA) is 102 Å². The van der Waals surface area contributed by atoms with Gasteiger partial charge < -0.3 is 15.7 Å². The number of nitrogens with one attached hydrogen (secondary N) is 2. The van der Waals surface area contributed by atoms with Gasteiger partial charge in [0.05, 0.1) is 11.6 Å². The van der Waals surface area contributed by atoms with E-state index in [9.17, 15) is 14.7 Å². The molecule has 3 rings (SSSR count). The second-order valence-electron chi connectivity index (χ2n) is 7.39. The first-order valence-corrected chi connectivity index (χ1v) is 9.94. The van der Waals surface area contributed by atoms with Crippen molar-refractivity contribution < 1.29 is 14.7 Å². The molecule has 1 atom stereocenters. The van der Waals surface area contributed by atoms with E-state index < -0.39 is 12.0 Å². The predicted octanol–water partition coefficient (Wildman–Crippen LogP) is 4.49. The molecule has 1 aliphatic carbocycles. The van der Waals surface area contributed by atoms with Crippen molar-refractivity contribution >= 4 is 23.3 Å². The van der Waals surface area contributed by atoms with Gasteiger partial charge in [0.25, 0.3) is 0 Å². The number of hydrogen-bond donors (Lipinski definition) is 3. The third-order valence-corrected chi connectivity index (χ3v) is 5.32. The van der Waals surface area contributed by atoms with Gasteiger partial charge in [0.15, 0.2) is 6.04 Å². The smallest absolute Gasteiger partial charge is 0.330 e. The Hall–Kier alpha value is -3.33. The Morgan fingerprint density at radius 3 is 2.41 bits per heavy atom. The molecule has 29 heavy (non-hydrogen) atoms. The van der Waals surface area contributed by atoms with E-state index in [1.54, 1.807) is 30.3 Å². The van der Waals surface area contributed by atoms with Gasteiger partial charge in [-0.1, -0.05) is 25.8 Å². The highest BCUT2D eigenvalue weighted by Gasteiger charge is 2.24. The molecule has 2 aromatic rings. The minimum absolute atomic E-state index is 0.00799. The Morgan fingerprint density at radius 1 is 1.14 bits per heavy atom. The molecule has 0 spiro atoms. The summed E-state index contributed by atoms with van der Waals surface area (Å²) in [5.74, 6) is -0.972. The largest absolute Gasteiger partial charge is 0.479 e. The number of aliphatic carboxylic acids is 1. The van der Waals surface area contributed by atoms with Crippen molar-refractivity contribution in [3.8, 4) is 6.07 Å². The van der Waals surface area contributed by atoms with Crippen molar-refractivity contribution in [1.29, 1.82) is 5.26 Å². The molecule has 0 aromatic heterocycles. The summed E-state index contributed by atoms with van der Waals surface area (Å²) in [7, 11) is 0. The molecule has 1 amide bonds. The van der Waals surface area contributed by atoms with Crippen LogP contribution < -0.4 is 10.6 Å². The lowest BCUT2D eigenvalue weighted by molar-refractivity contribution is -0.138. The Balaban J connectivity index is 1.85. The number of carboxylic acids is 1. The lowest BCUT2D eigenvalue weighted by atomic mass is 10.00. The quantitative estimate of drug-likeness (QED) is 0.645. The minimum Gasteiger partial charge on any atom is -0.479 e. The molecule has 0 saturated heterocycles. The number of benzene rings is 2. The number of hydrogen-bond acceptors (Lipinski definition) is 4. The van der Waals surface area contributed by atoms with Gasteiger partial charge in [-0.2, -0.15) is 5.26 Å². The van der Waals surface area contributed by atoms with Crippen molar-refractivity contribution in [3.63, 3.8) is 0 Å². The third-order valence-electron chi connectivity index (χ3n) is 5.32. The Kier molecular flexibility index (Phi) is 6.50. The van der Waals surface area contributed by atoms with Crippen LogP contribution in [0.15, 0.2) is 42.5 Å². The summed E-state index contributed by atoms with van der Waals surface area (Å²) in [6.45, 7) is 1.99. The van der Waals surface area contributed by atoms with E-state index in [-0.39, 0.29) is 11.8 Å². The fourth-order valence-electron chi connectivity index (χ4n) is 3.69. The number of carbonyl (C=O) groups is 2. The summed E-state index contributed by atoms with van der Waals surface area (Å²) in [4.78, 5) is 24.5. The number of carbonyl (C=O) groups excluding carboxylic acids is 1. The molecular weight excluding hydrogens is 366 g/mol. The van der Waals surface area contributed by atoms with E-state index in [2.05, 4.69) is 10.6 Å². The van der Waals surface area contributed by atoms with E-state index in [0.29, 0.717) is 22.5 Å². The fourth-order valence-corrected chi connectivity index (χ4v) is 3.69. The van der Waals surface area contributed by atoms with Gasteiger partial charge in [0.1, 0.15) is 0 Å². The van der Waals surface area contributed by atoms with Gasteiger partial charge in [0.2, 0.25) is 5.91 Å². The van der Waals surface area contributed by atoms with Crippen molar-refractivity contribution in [2.45, 2.75) is 45.1 Å². The van der Waals surface area contributed by atoms with Crippen LogP contribution in [0, 0.1) is 17.2 Å². The first-order chi connectivity index (χ1) is 14.0. The summed E-state index contributed by atoms with van der Waals surface area (Å²) in [6.07, 6.45) is 4.69. The predicted molar refractivity (Wildman–Crippen MR) is 112 cm³/mol. The van der Waals surface area contributed by atoms with Crippen LogP contribution in [-0.2, 0) is 16.0 Å². The first-order valence-electron chi connectivity index (χ1n) is 9.94. The summed E-state index contributed by atoms with van der Waals surface area (Å²) in [5, 5.41) is 24.7. The molecule has 6 nitrogen and oxygen atoms in total. The number of carboxylic acid groups (broad SMARTS) is 1. The van der Waals surface area contributed by atoms with Crippen LogP contribution in [0.4, 0.5) is 11.4 Å². The van der Waals surface area contributed by atoms with Crippen LogP contribution >= 0.6 is 0 Å². The molecule has 0 heterocycles. The van der Waals surface area contributed by atoms with Crippen LogP contribution in [0.2, 0.25) is 0 Å². The summed E-state index contributed by atoms with van der Waals surface area (Å²) in [6, 6.07) is 13.2. The third kappa shape index (κ3) is 5.14. The van der Waals surface area contributed by atoms with E-state index in [4.69, 9.17) is 5.26 Å². The van der Waals surface area contributed by atoms with Gasteiger partial charge in [-0.05, 0) is 66.8 Å². The summed E-state index contributed by atoms with van der Waals surface area (Å²) < 4.78 is 0. The molecule has 2 aromatic carbocycles. The van der Waals surface area contributed by atoms with Crippen molar-refractivity contribution in [1.82, 2.24) is 0 Å². The van der Waals surface area contributed by atoms with Crippen LogP contribution in [0.3, 0.4) is 0 Å². The lowest BCUT2D eigenvalue weighted by Crippen LogP contribution is -2.23. The Morgan fingerprint density at radius 2 is 1.83 bits per heavy atom. The number of rotatable bonds is 7. The molecule has 1 fully saturated rings. The zero-order chi connectivity index (χ0) is 20.8. The number of nitrogens with zero attached hydrogens (tertiary/aromatic N) is 1. The second kappa shape index (κ2) is 9.24. The fraction of sp³-hybridized carbons (Fsp3) is 0.348. The minimum atomic E-state index is -1.02. The maximum Gasteiger partial charge on any atom is 0.330 e. The molecular formula is C23H25N3O3. The van der Waals surface area contributed by atoms with Crippen molar-refractivity contribution in [2.75, 3.05) is 10.6 Å². The Labute approximate surface area is 170 Å². The van der Waals surface area contributed by atoms with Gasteiger partial charge in [0, 0.05) is 17.3 Å². The maximum atomic E-state index is 12.5. The SMILES string of the molecule is CCc1cc(NC(=O)C2CCCC2)cc(C(Nc2ccc(C#N)cc2)C(=O)O)c1. The Bertz CT molecular complexity index is 925. The van der Waals surface area contributed by atoms with Crippen LogP contribution in [0.25, 0.3) is 0 Å².